The van der Waals surface area contributed by atoms with Gasteiger partial charge in [-0.25, -0.2) is 14.6 Å². The number of nitrogens with zero attached hydrogens (tertiary/aromatic N) is 1. The minimum Gasteiger partial charge on any atom is -0.453 e. The molecule has 1 aromatic carbocycles. The van der Waals surface area contributed by atoms with Gasteiger partial charge in [0, 0.05) is 5.69 Å². The number of hydrogen-bond acceptors (Lipinski definition) is 5. The van der Waals surface area contributed by atoms with Gasteiger partial charge in [-0.2, -0.15) is 0 Å². The maximum Gasteiger partial charge on any atom is 0.411 e. The van der Waals surface area contributed by atoms with Crippen molar-refractivity contribution in [1.82, 2.24) is 15.3 Å². The summed E-state index contributed by atoms with van der Waals surface area (Å²) in [4.78, 5) is 30.5. The molecule has 0 spiro atoms. The van der Waals surface area contributed by atoms with Crippen LogP contribution in [-0.4, -0.2) is 34.9 Å². The van der Waals surface area contributed by atoms with Gasteiger partial charge in [0.15, 0.2) is 0 Å². The number of hydrogen-bond donors (Lipinski definition) is 3. The molecule has 3 N–H and O–H groups in total. The average molecular weight is 360 g/mol. The molecule has 0 aliphatic rings. The van der Waals surface area contributed by atoms with Crippen molar-refractivity contribution in [3.63, 3.8) is 0 Å². The van der Waals surface area contributed by atoms with Crippen LogP contribution in [0.5, 0.6) is 0 Å². The number of methoxy groups -OCH3 is 1. The van der Waals surface area contributed by atoms with Crippen molar-refractivity contribution in [1.29, 1.82) is 0 Å². The van der Waals surface area contributed by atoms with Gasteiger partial charge >= 0.3 is 12.2 Å². The molecule has 8 heteroatoms. The van der Waals surface area contributed by atoms with Crippen LogP contribution in [0.4, 0.5) is 15.3 Å². The van der Waals surface area contributed by atoms with Crippen molar-refractivity contribution in [3.8, 4) is 11.3 Å². The topological polar surface area (TPSA) is 105 Å². The Morgan fingerprint density at radius 1 is 1.15 bits per heavy atom. The first kappa shape index (κ1) is 19.3. The molecule has 0 aliphatic carbocycles. The van der Waals surface area contributed by atoms with Crippen LogP contribution in [0.15, 0.2) is 30.5 Å². The molecule has 2 aromatic rings. The molecular weight excluding hydrogens is 336 g/mol. The molecule has 140 valence electrons. The normalized spacial score (nSPS) is 12.2. The Labute approximate surface area is 152 Å². The van der Waals surface area contributed by atoms with Crippen LogP contribution in [0, 0.1) is 0 Å². The number of aromatic amines is 1. The number of imidazole rings is 1. The predicted molar refractivity (Wildman–Crippen MR) is 97.8 cm³/mol. The Bertz CT molecular complexity index is 762. The summed E-state index contributed by atoms with van der Waals surface area (Å²) in [5.74, 6) is 0.614. The molecule has 1 aromatic heterocycles. The zero-order chi connectivity index (χ0) is 19.3. The molecule has 0 fully saturated rings. The summed E-state index contributed by atoms with van der Waals surface area (Å²) in [5.41, 5.74) is 1.75. The van der Waals surface area contributed by atoms with Crippen LogP contribution in [-0.2, 0) is 9.47 Å². The molecule has 0 unspecified atom stereocenters. The molecule has 26 heavy (non-hydrogen) atoms. The number of carbonyl (C=O) groups is 2. The highest BCUT2D eigenvalue weighted by Crippen LogP contribution is 2.21. The number of alkyl carbamates (subject to hydrolysis) is 1. The second-order valence-corrected chi connectivity index (χ2v) is 6.74. The molecule has 0 radical (unpaired) electrons. The zero-order valence-corrected chi connectivity index (χ0v) is 15.5. The van der Waals surface area contributed by atoms with E-state index in [0.717, 1.165) is 11.3 Å². The minimum absolute atomic E-state index is 0.334. The van der Waals surface area contributed by atoms with E-state index in [1.807, 2.05) is 19.1 Å². The summed E-state index contributed by atoms with van der Waals surface area (Å²) in [6, 6.07) is 6.87. The molecule has 2 amide bonds. The second-order valence-electron chi connectivity index (χ2n) is 6.74. The van der Waals surface area contributed by atoms with Crippen molar-refractivity contribution < 1.29 is 19.1 Å². The number of H-pyrrole nitrogens is 1. The van der Waals surface area contributed by atoms with E-state index >= 15 is 0 Å². The maximum atomic E-state index is 11.8. The molecule has 8 nitrogen and oxygen atoms in total. The zero-order valence-electron chi connectivity index (χ0n) is 15.5. The monoisotopic (exact) mass is 360 g/mol. The Hall–Kier alpha value is -3.03. The smallest absolute Gasteiger partial charge is 0.411 e. The lowest BCUT2D eigenvalue weighted by Gasteiger charge is -2.21. The SMILES string of the molecule is COC(=O)Nc1ccc(-c2cnc([C@H](C)NC(=O)OC(C)(C)C)[nH]2)cc1. The van der Waals surface area contributed by atoms with Crippen molar-refractivity contribution in [2.45, 2.75) is 39.3 Å². The largest absolute Gasteiger partial charge is 0.453 e. The highest BCUT2D eigenvalue weighted by atomic mass is 16.6. The first-order chi connectivity index (χ1) is 12.2. The minimum atomic E-state index is -0.557. The van der Waals surface area contributed by atoms with E-state index in [-0.39, 0.29) is 6.04 Å². The molecule has 0 saturated heterocycles. The number of ether oxygens (including phenoxy) is 2. The van der Waals surface area contributed by atoms with Crippen LogP contribution < -0.4 is 10.6 Å². The number of rotatable bonds is 4. The highest BCUT2D eigenvalue weighted by molar-refractivity contribution is 5.84. The lowest BCUT2D eigenvalue weighted by atomic mass is 10.1. The van der Waals surface area contributed by atoms with Gasteiger partial charge in [-0.15, -0.1) is 0 Å². The number of carbonyl (C=O) groups excluding carboxylic acids is 2. The van der Waals surface area contributed by atoms with Gasteiger partial charge in [0.05, 0.1) is 25.0 Å². The van der Waals surface area contributed by atoms with Crippen molar-refractivity contribution in [3.05, 3.63) is 36.3 Å². The number of aromatic nitrogens is 2. The average Bonchev–Trinajstić information content (AvgIpc) is 3.03. The summed E-state index contributed by atoms with van der Waals surface area (Å²) >= 11 is 0. The fourth-order valence-corrected chi connectivity index (χ4v) is 2.16. The third-order valence-electron chi connectivity index (χ3n) is 3.37. The predicted octanol–water partition coefficient (Wildman–Crippen LogP) is 3.84. The van der Waals surface area contributed by atoms with Crippen LogP contribution >= 0.6 is 0 Å². The van der Waals surface area contributed by atoms with E-state index in [9.17, 15) is 9.59 Å². The van der Waals surface area contributed by atoms with Crippen LogP contribution in [0.2, 0.25) is 0 Å². The van der Waals surface area contributed by atoms with Gasteiger partial charge in [-0.3, -0.25) is 5.32 Å². The molecule has 0 saturated carbocycles. The summed E-state index contributed by atoms with van der Waals surface area (Å²) in [7, 11) is 1.31. The maximum absolute atomic E-state index is 11.8. The summed E-state index contributed by atoms with van der Waals surface area (Å²) in [6.07, 6.45) is 0.663. The molecule has 1 atom stereocenters. The van der Waals surface area contributed by atoms with Crippen LogP contribution in [0.3, 0.4) is 0 Å². The summed E-state index contributed by atoms with van der Waals surface area (Å²) < 4.78 is 9.79. The first-order valence-electron chi connectivity index (χ1n) is 8.18. The van der Waals surface area contributed by atoms with Gasteiger partial charge in [0.2, 0.25) is 0 Å². The third kappa shape index (κ3) is 5.51. The Kier molecular flexibility index (Phi) is 5.86. The van der Waals surface area contributed by atoms with Crippen LogP contribution in [0.1, 0.15) is 39.6 Å². The van der Waals surface area contributed by atoms with Crippen LogP contribution in [0.25, 0.3) is 11.3 Å². The molecular formula is C18H24N4O4. The van der Waals surface area contributed by atoms with E-state index in [2.05, 4.69) is 25.3 Å². The van der Waals surface area contributed by atoms with Gasteiger partial charge in [0.25, 0.3) is 0 Å². The molecule has 0 bridgehead atoms. The molecule has 1 heterocycles. The van der Waals surface area contributed by atoms with Crippen molar-refractivity contribution in [2.24, 2.45) is 0 Å². The third-order valence-corrected chi connectivity index (χ3v) is 3.37. The lowest BCUT2D eigenvalue weighted by molar-refractivity contribution is 0.0506. The van der Waals surface area contributed by atoms with E-state index < -0.39 is 17.8 Å². The van der Waals surface area contributed by atoms with Gasteiger partial charge in [-0.1, -0.05) is 12.1 Å². The van der Waals surface area contributed by atoms with E-state index in [4.69, 9.17) is 4.74 Å². The number of benzene rings is 1. The van der Waals surface area contributed by atoms with E-state index in [1.165, 1.54) is 7.11 Å². The van der Waals surface area contributed by atoms with E-state index in [0.29, 0.717) is 11.5 Å². The fraction of sp³-hybridized carbons (Fsp3) is 0.389. The number of anilines is 1. The van der Waals surface area contributed by atoms with Crippen molar-refractivity contribution >= 4 is 17.9 Å². The second kappa shape index (κ2) is 7.90. The fourth-order valence-electron chi connectivity index (χ4n) is 2.16. The molecule has 0 aliphatic heterocycles. The number of nitrogens with one attached hydrogen (secondary N) is 3. The quantitative estimate of drug-likeness (QED) is 0.768. The Balaban J connectivity index is 2.02. The highest BCUT2D eigenvalue weighted by Gasteiger charge is 2.19. The number of amides is 2. The Morgan fingerprint density at radius 3 is 2.38 bits per heavy atom. The summed E-state index contributed by atoms with van der Waals surface area (Å²) in [6.45, 7) is 7.23. The molecule has 2 rings (SSSR count). The summed E-state index contributed by atoms with van der Waals surface area (Å²) in [5, 5.41) is 5.32. The standard InChI is InChI=1S/C18H24N4O4/c1-11(20-17(24)26-18(2,3)4)15-19-10-14(22-15)12-6-8-13(9-7-12)21-16(23)25-5/h6-11H,1-5H3,(H,19,22)(H,20,24)(H,21,23)/t11-/m0/s1. The first-order valence-corrected chi connectivity index (χ1v) is 8.18. The van der Waals surface area contributed by atoms with E-state index in [1.54, 1.807) is 39.1 Å². The Morgan fingerprint density at radius 2 is 1.81 bits per heavy atom. The van der Waals surface area contributed by atoms with Crippen molar-refractivity contribution in [2.75, 3.05) is 12.4 Å². The van der Waals surface area contributed by atoms with Gasteiger partial charge < -0.3 is 19.8 Å². The van der Waals surface area contributed by atoms with Gasteiger partial charge in [-0.05, 0) is 45.4 Å². The van der Waals surface area contributed by atoms with Gasteiger partial charge in [0.1, 0.15) is 11.4 Å². The lowest BCUT2D eigenvalue weighted by Crippen LogP contribution is -2.34.